The first kappa shape index (κ1) is 7.08. The van der Waals surface area contributed by atoms with Gasteiger partial charge in [0.05, 0.1) is 0 Å². The zero-order chi connectivity index (χ0) is 8.06. The SMILES string of the molecule is C=C1CC2CCC(=O)C2(C)C1. The second kappa shape index (κ2) is 1.96. The van der Waals surface area contributed by atoms with Crippen LogP contribution in [-0.4, -0.2) is 5.78 Å². The van der Waals surface area contributed by atoms with Crippen LogP contribution in [0.25, 0.3) is 0 Å². The van der Waals surface area contributed by atoms with Crippen molar-refractivity contribution in [2.45, 2.75) is 32.6 Å². The van der Waals surface area contributed by atoms with Gasteiger partial charge in [0.15, 0.2) is 0 Å². The Morgan fingerprint density at radius 3 is 3.00 bits per heavy atom. The van der Waals surface area contributed by atoms with Crippen molar-refractivity contribution in [1.82, 2.24) is 0 Å². The lowest BCUT2D eigenvalue weighted by Gasteiger charge is -2.20. The van der Waals surface area contributed by atoms with Crippen molar-refractivity contribution in [3.05, 3.63) is 12.2 Å². The van der Waals surface area contributed by atoms with Crippen LogP contribution in [0.15, 0.2) is 12.2 Å². The number of carbonyl (C=O) groups excluding carboxylic acids is 1. The zero-order valence-corrected chi connectivity index (χ0v) is 7.02. The van der Waals surface area contributed by atoms with Gasteiger partial charge in [-0.15, -0.1) is 0 Å². The van der Waals surface area contributed by atoms with Gasteiger partial charge in [0.2, 0.25) is 0 Å². The Kier molecular flexibility index (Phi) is 1.26. The molecule has 2 saturated carbocycles. The number of carbonyl (C=O) groups is 1. The van der Waals surface area contributed by atoms with E-state index in [9.17, 15) is 4.79 Å². The smallest absolute Gasteiger partial charge is 0.139 e. The highest BCUT2D eigenvalue weighted by Crippen LogP contribution is 2.53. The summed E-state index contributed by atoms with van der Waals surface area (Å²) < 4.78 is 0. The standard InChI is InChI=1S/C10H14O/c1-7-5-8-3-4-9(11)10(8,2)6-7/h8H,1,3-6H2,2H3. The van der Waals surface area contributed by atoms with Crippen molar-refractivity contribution in [2.24, 2.45) is 11.3 Å². The number of hydrogen-bond acceptors (Lipinski definition) is 1. The Labute approximate surface area is 67.5 Å². The molecule has 2 aliphatic carbocycles. The average Bonchev–Trinajstić information content (AvgIpc) is 2.32. The maximum absolute atomic E-state index is 11.5. The minimum absolute atomic E-state index is 0.00289. The van der Waals surface area contributed by atoms with E-state index in [-0.39, 0.29) is 5.41 Å². The number of hydrogen-bond donors (Lipinski definition) is 0. The lowest BCUT2D eigenvalue weighted by atomic mass is 9.82. The molecule has 0 saturated heterocycles. The monoisotopic (exact) mass is 150 g/mol. The van der Waals surface area contributed by atoms with E-state index in [1.165, 1.54) is 5.57 Å². The molecule has 0 heterocycles. The van der Waals surface area contributed by atoms with Crippen molar-refractivity contribution in [3.63, 3.8) is 0 Å². The van der Waals surface area contributed by atoms with Crippen LogP contribution < -0.4 is 0 Å². The lowest BCUT2D eigenvalue weighted by Crippen LogP contribution is -2.23. The fraction of sp³-hybridized carbons (Fsp3) is 0.700. The van der Waals surface area contributed by atoms with Crippen LogP contribution >= 0.6 is 0 Å². The molecule has 0 radical (unpaired) electrons. The Morgan fingerprint density at radius 1 is 1.64 bits per heavy atom. The predicted octanol–water partition coefficient (Wildman–Crippen LogP) is 2.32. The van der Waals surface area contributed by atoms with Crippen LogP contribution in [0, 0.1) is 11.3 Å². The van der Waals surface area contributed by atoms with Crippen LogP contribution in [0.5, 0.6) is 0 Å². The van der Waals surface area contributed by atoms with Crippen molar-refractivity contribution in [3.8, 4) is 0 Å². The van der Waals surface area contributed by atoms with Gasteiger partial charge in [0.1, 0.15) is 5.78 Å². The molecule has 2 unspecified atom stereocenters. The number of allylic oxidation sites excluding steroid dienone is 1. The highest BCUT2D eigenvalue weighted by molar-refractivity contribution is 5.87. The van der Waals surface area contributed by atoms with Gasteiger partial charge in [-0.1, -0.05) is 19.1 Å². The molecule has 0 aromatic rings. The Hall–Kier alpha value is -0.590. The summed E-state index contributed by atoms with van der Waals surface area (Å²) in [7, 11) is 0. The first-order valence-electron chi connectivity index (χ1n) is 4.33. The van der Waals surface area contributed by atoms with E-state index in [4.69, 9.17) is 0 Å². The van der Waals surface area contributed by atoms with Crippen molar-refractivity contribution < 1.29 is 4.79 Å². The van der Waals surface area contributed by atoms with E-state index in [0.717, 1.165) is 25.7 Å². The van der Waals surface area contributed by atoms with Gasteiger partial charge in [-0.2, -0.15) is 0 Å². The minimum atomic E-state index is -0.00289. The Bertz CT molecular complexity index is 229. The summed E-state index contributed by atoms with van der Waals surface area (Å²) >= 11 is 0. The molecule has 0 aliphatic heterocycles. The normalized spacial score (nSPS) is 43.2. The summed E-state index contributed by atoms with van der Waals surface area (Å²) in [5.41, 5.74) is 1.28. The van der Waals surface area contributed by atoms with Crippen LogP contribution in [0.1, 0.15) is 32.6 Å². The molecule has 11 heavy (non-hydrogen) atoms. The van der Waals surface area contributed by atoms with E-state index in [1.807, 2.05) is 0 Å². The Balaban J connectivity index is 2.33. The van der Waals surface area contributed by atoms with E-state index < -0.39 is 0 Å². The maximum atomic E-state index is 11.5. The summed E-state index contributed by atoms with van der Waals surface area (Å²) in [5, 5.41) is 0. The second-order valence-electron chi connectivity index (χ2n) is 4.21. The highest BCUT2D eigenvalue weighted by atomic mass is 16.1. The molecule has 0 bridgehead atoms. The first-order chi connectivity index (χ1) is 5.13. The lowest BCUT2D eigenvalue weighted by molar-refractivity contribution is -0.125. The fourth-order valence-electron chi connectivity index (χ4n) is 2.65. The molecule has 2 rings (SSSR count). The van der Waals surface area contributed by atoms with Gasteiger partial charge in [0.25, 0.3) is 0 Å². The van der Waals surface area contributed by atoms with E-state index in [1.54, 1.807) is 0 Å². The summed E-state index contributed by atoms with van der Waals surface area (Å²) in [6.45, 7) is 6.08. The quantitative estimate of drug-likeness (QED) is 0.484. The summed E-state index contributed by atoms with van der Waals surface area (Å²) in [5.74, 6) is 1.10. The number of ketones is 1. The molecular formula is C10H14O. The van der Waals surface area contributed by atoms with Crippen molar-refractivity contribution in [2.75, 3.05) is 0 Å². The molecule has 0 spiro atoms. The topological polar surface area (TPSA) is 17.1 Å². The molecule has 2 aliphatic rings. The fourth-order valence-corrected chi connectivity index (χ4v) is 2.65. The number of rotatable bonds is 0. The Morgan fingerprint density at radius 2 is 2.36 bits per heavy atom. The first-order valence-corrected chi connectivity index (χ1v) is 4.33. The molecule has 1 heteroatoms. The molecule has 0 aromatic heterocycles. The van der Waals surface area contributed by atoms with Gasteiger partial charge in [-0.3, -0.25) is 4.79 Å². The summed E-state index contributed by atoms with van der Waals surface area (Å²) in [6, 6.07) is 0. The highest BCUT2D eigenvalue weighted by Gasteiger charge is 2.49. The third-order valence-corrected chi connectivity index (χ3v) is 3.41. The van der Waals surface area contributed by atoms with Crippen LogP contribution in [0.3, 0.4) is 0 Å². The molecule has 60 valence electrons. The molecule has 2 atom stereocenters. The van der Waals surface area contributed by atoms with Crippen molar-refractivity contribution in [1.29, 1.82) is 0 Å². The zero-order valence-electron chi connectivity index (χ0n) is 7.02. The molecule has 0 N–H and O–H groups in total. The van der Waals surface area contributed by atoms with Crippen molar-refractivity contribution >= 4 is 5.78 Å². The van der Waals surface area contributed by atoms with Gasteiger partial charge >= 0.3 is 0 Å². The number of Topliss-reactive ketones (excluding diaryl/α,β-unsaturated/α-hetero) is 1. The number of fused-ring (bicyclic) bond motifs is 1. The third kappa shape index (κ3) is 0.800. The summed E-state index contributed by atoms with van der Waals surface area (Å²) in [4.78, 5) is 11.5. The molecule has 2 fully saturated rings. The second-order valence-corrected chi connectivity index (χ2v) is 4.21. The van der Waals surface area contributed by atoms with Gasteiger partial charge in [-0.05, 0) is 25.2 Å². The van der Waals surface area contributed by atoms with Gasteiger partial charge in [0, 0.05) is 11.8 Å². The third-order valence-electron chi connectivity index (χ3n) is 3.41. The van der Waals surface area contributed by atoms with E-state index in [2.05, 4.69) is 13.5 Å². The molecule has 1 nitrogen and oxygen atoms in total. The molecule has 0 aromatic carbocycles. The largest absolute Gasteiger partial charge is 0.299 e. The van der Waals surface area contributed by atoms with Crippen LogP contribution in [-0.2, 0) is 4.79 Å². The average molecular weight is 150 g/mol. The van der Waals surface area contributed by atoms with Gasteiger partial charge < -0.3 is 0 Å². The van der Waals surface area contributed by atoms with Crippen LogP contribution in [0.4, 0.5) is 0 Å². The van der Waals surface area contributed by atoms with E-state index >= 15 is 0 Å². The maximum Gasteiger partial charge on any atom is 0.139 e. The predicted molar refractivity (Wildman–Crippen MR) is 44.2 cm³/mol. The van der Waals surface area contributed by atoms with Gasteiger partial charge in [-0.25, -0.2) is 0 Å². The van der Waals surface area contributed by atoms with E-state index in [0.29, 0.717) is 11.7 Å². The molecule has 0 amide bonds. The molecular weight excluding hydrogens is 136 g/mol. The minimum Gasteiger partial charge on any atom is -0.299 e. The van der Waals surface area contributed by atoms with Crippen LogP contribution in [0.2, 0.25) is 0 Å². The summed E-state index contributed by atoms with van der Waals surface area (Å²) in [6.07, 6.45) is 3.97.